The molecule has 80 valence electrons. The van der Waals surface area contributed by atoms with Crippen LogP contribution in [0.5, 0.6) is 0 Å². The van der Waals surface area contributed by atoms with Crippen LogP contribution in [-0.4, -0.2) is 16.1 Å². The number of hydrogen-bond donors (Lipinski definition) is 1. The highest BCUT2D eigenvalue weighted by atomic mass is 35.5. The molecule has 0 aliphatic carbocycles. The minimum Gasteiger partial charge on any atom is -0.463 e. The third kappa shape index (κ3) is 1.92. The second kappa shape index (κ2) is 4.53. The molecule has 15 heavy (non-hydrogen) atoms. The van der Waals surface area contributed by atoms with E-state index >= 15 is 0 Å². The van der Waals surface area contributed by atoms with Crippen molar-refractivity contribution in [3.63, 3.8) is 0 Å². The van der Waals surface area contributed by atoms with Crippen LogP contribution in [0.4, 0.5) is 0 Å². The van der Waals surface area contributed by atoms with Crippen LogP contribution >= 0.6 is 11.6 Å². The summed E-state index contributed by atoms with van der Waals surface area (Å²) in [4.78, 5) is 0. The quantitative estimate of drug-likeness (QED) is 0.812. The first-order valence-electron chi connectivity index (χ1n) is 5.02. The number of halogens is 1. The van der Waals surface area contributed by atoms with Gasteiger partial charge in [-0.1, -0.05) is 6.92 Å². The van der Waals surface area contributed by atoms with E-state index in [9.17, 15) is 0 Å². The van der Waals surface area contributed by atoms with E-state index in [1.807, 2.05) is 12.1 Å². The minimum atomic E-state index is 0.597. The summed E-state index contributed by atoms with van der Waals surface area (Å²) in [5, 5.41) is 7.30. The molecule has 4 heteroatoms. The first-order valence-corrected chi connectivity index (χ1v) is 5.56. The second-order valence-corrected chi connectivity index (χ2v) is 3.68. The van der Waals surface area contributed by atoms with Crippen molar-refractivity contribution in [2.75, 3.05) is 5.88 Å². The number of rotatable bonds is 4. The Labute approximate surface area is 93.4 Å². The molecule has 0 saturated carbocycles. The molecule has 0 aliphatic heterocycles. The molecular weight excluding hydrogens is 212 g/mol. The van der Waals surface area contributed by atoms with Gasteiger partial charge < -0.3 is 4.42 Å². The standard InChI is InChI=1S/C11H13ClN2O/c1-2-9-8(5-6-12)11(14-13-9)10-4-3-7-15-10/h3-4,7H,2,5-6H2,1H3,(H,13,14). The lowest BCUT2D eigenvalue weighted by atomic mass is 10.1. The van der Waals surface area contributed by atoms with Gasteiger partial charge in [-0.05, 0) is 25.0 Å². The molecule has 2 heterocycles. The lowest BCUT2D eigenvalue weighted by Crippen LogP contribution is -1.92. The molecule has 0 radical (unpaired) electrons. The average molecular weight is 225 g/mol. The summed E-state index contributed by atoms with van der Waals surface area (Å²) >= 11 is 5.78. The molecule has 1 N–H and O–H groups in total. The average Bonchev–Trinajstić information content (AvgIpc) is 2.85. The maximum atomic E-state index is 5.78. The Morgan fingerprint density at radius 3 is 3.00 bits per heavy atom. The molecule has 0 amide bonds. The molecule has 0 fully saturated rings. The van der Waals surface area contributed by atoms with Crippen molar-refractivity contribution in [1.82, 2.24) is 10.2 Å². The van der Waals surface area contributed by atoms with Gasteiger partial charge in [-0.25, -0.2) is 0 Å². The number of aromatic amines is 1. The van der Waals surface area contributed by atoms with Crippen LogP contribution in [0.15, 0.2) is 22.8 Å². The SMILES string of the molecule is CCc1[nH]nc(-c2ccco2)c1CCCl. The van der Waals surface area contributed by atoms with E-state index in [4.69, 9.17) is 16.0 Å². The number of hydrogen-bond acceptors (Lipinski definition) is 2. The van der Waals surface area contributed by atoms with Crippen molar-refractivity contribution in [1.29, 1.82) is 0 Å². The molecule has 0 aromatic carbocycles. The maximum Gasteiger partial charge on any atom is 0.154 e. The molecule has 0 unspecified atom stereocenters. The van der Waals surface area contributed by atoms with Gasteiger partial charge in [0.25, 0.3) is 0 Å². The van der Waals surface area contributed by atoms with Crippen molar-refractivity contribution in [2.45, 2.75) is 19.8 Å². The molecule has 2 aromatic rings. The van der Waals surface area contributed by atoms with Gasteiger partial charge in [-0.3, -0.25) is 5.10 Å². The van der Waals surface area contributed by atoms with E-state index in [0.717, 1.165) is 30.0 Å². The molecule has 0 atom stereocenters. The number of aromatic nitrogens is 2. The molecular formula is C11H13ClN2O. The summed E-state index contributed by atoms with van der Waals surface area (Å²) in [6, 6.07) is 3.77. The van der Waals surface area contributed by atoms with Crippen LogP contribution in [0.25, 0.3) is 11.5 Å². The largest absolute Gasteiger partial charge is 0.463 e. The topological polar surface area (TPSA) is 41.8 Å². The highest BCUT2D eigenvalue weighted by Crippen LogP contribution is 2.25. The second-order valence-electron chi connectivity index (χ2n) is 3.30. The van der Waals surface area contributed by atoms with Crippen molar-refractivity contribution in [3.05, 3.63) is 29.7 Å². The van der Waals surface area contributed by atoms with E-state index in [1.54, 1.807) is 6.26 Å². The third-order valence-corrected chi connectivity index (χ3v) is 2.59. The van der Waals surface area contributed by atoms with Gasteiger partial charge >= 0.3 is 0 Å². The Morgan fingerprint density at radius 1 is 1.53 bits per heavy atom. The molecule has 0 spiro atoms. The fourth-order valence-corrected chi connectivity index (χ4v) is 1.86. The Balaban J connectivity index is 2.43. The Morgan fingerprint density at radius 2 is 2.40 bits per heavy atom. The lowest BCUT2D eigenvalue weighted by molar-refractivity contribution is 0.579. The summed E-state index contributed by atoms with van der Waals surface area (Å²) < 4.78 is 5.34. The smallest absolute Gasteiger partial charge is 0.154 e. The number of furan rings is 1. The van der Waals surface area contributed by atoms with Gasteiger partial charge in [-0.15, -0.1) is 11.6 Å². The number of nitrogens with zero attached hydrogens (tertiary/aromatic N) is 1. The number of H-pyrrole nitrogens is 1. The number of alkyl halides is 1. The fourth-order valence-electron chi connectivity index (χ4n) is 1.67. The Kier molecular flexibility index (Phi) is 3.11. The van der Waals surface area contributed by atoms with Crippen molar-refractivity contribution < 1.29 is 4.42 Å². The molecule has 0 saturated heterocycles. The van der Waals surface area contributed by atoms with Crippen LogP contribution in [0.1, 0.15) is 18.2 Å². The van der Waals surface area contributed by atoms with Gasteiger partial charge in [0.2, 0.25) is 0 Å². The van der Waals surface area contributed by atoms with E-state index in [2.05, 4.69) is 17.1 Å². The van der Waals surface area contributed by atoms with Crippen LogP contribution in [0, 0.1) is 0 Å². The predicted octanol–water partition coefficient (Wildman–Crippen LogP) is 3.01. The number of aryl methyl sites for hydroxylation is 1. The van der Waals surface area contributed by atoms with Gasteiger partial charge in [0.1, 0.15) is 5.69 Å². The molecule has 0 bridgehead atoms. The Bertz CT molecular complexity index is 420. The van der Waals surface area contributed by atoms with Gasteiger partial charge in [0.15, 0.2) is 5.76 Å². The molecule has 3 nitrogen and oxygen atoms in total. The van der Waals surface area contributed by atoms with Crippen molar-refractivity contribution in [3.8, 4) is 11.5 Å². The van der Waals surface area contributed by atoms with Crippen LogP contribution in [0.2, 0.25) is 0 Å². The third-order valence-electron chi connectivity index (χ3n) is 2.41. The highest BCUT2D eigenvalue weighted by Gasteiger charge is 2.14. The highest BCUT2D eigenvalue weighted by molar-refractivity contribution is 6.18. The molecule has 2 aromatic heterocycles. The summed E-state index contributed by atoms with van der Waals surface area (Å²) in [5.41, 5.74) is 3.20. The summed E-state index contributed by atoms with van der Waals surface area (Å²) in [6.45, 7) is 2.09. The van der Waals surface area contributed by atoms with E-state index < -0.39 is 0 Å². The van der Waals surface area contributed by atoms with Crippen LogP contribution in [-0.2, 0) is 12.8 Å². The van der Waals surface area contributed by atoms with Crippen molar-refractivity contribution in [2.24, 2.45) is 0 Å². The Hall–Kier alpha value is -1.22. The summed E-state index contributed by atoms with van der Waals surface area (Å²) in [7, 11) is 0. The predicted molar refractivity (Wildman–Crippen MR) is 60.1 cm³/mol. The van der Waals surface area contributed by atoms with Crippen molar-refractivity contribution >= 4 is 11.6 Å². The zero-order valence-corrected chi connectivity index (χ0v) is 9.34. The zero-order valence-electron chi connectivity index (χ0n) is 8.59. The van der Waals surface area contributed by atoms with Crippen LogP contribution < -0.4 is 0 Å². The number of nitrogens with one attached hydrogen (secondary N) is 1. The minimum absolute atomic E-state index is 0.597. The fraction of sp³-hybridized carbons (Fsp3) is 0.364. The maximum absolute atomic E-state index is 5.78. The first-order chi connectivity index (χ1) is 7.36. The van der Waals surface area contributed by atoms with Crippen LogP contribution in [0.3, 0.4) is 0 Å². The molecule has 2 rings (SSSR count). The summed E-state index contributed by atoms with van der Waals surface area (Å²) in [5.74, 6) is 1.39. The lowest BCUT2D eigenvalue weighted by Gasteiger charge is -1.99. The molecule has 0 aliphatic rings. The van der Waals surface area contributed by atoms with Gasteiger partial charge in [0, 0.05) is 17.1 Å². The van der Waals surface area contributed by atoms with E-state index in [1.165, 1.54) is 5.56 Å². The monoisotopic (exact) mass is 224 g/mol. The normalized spacial score (nSPS) is 10.8. The zero-order chi connectivity index (χ0) is 10.7. The summed E-state index contributed by atoms with van der Waals surface area (Å²) in [6.07, 6.45) is 3.40. The first kappa shape index (κ1) is 10.3. The van der Waals surface area contributed by atoms with E-state index in [0.29, 0.717) is 5.88 Å². The van der Waals surface area contributed by atoms with Gasteiger partial charge in [0.05, 0.1) is 6.26 Å². The van der Waals surface area contributed by atoms with E-state index in [-0.39, 0.29) is 0 Å². The van der Waals surface area contributed by atoms with Gasteiger partial charge in [-0.2, -0.15) is 5.10 Å².